The molecule has 0 saturated heterocycles. The summed E-state index contributed by atoms with van der Waals surface area (Å²) in [5.74, 6) is 0. The fourth-order valence-electron chi connectivity index (χ4n) is 1.19. The van der Waals surface area contributed by atoms with E-state index in [4.69, 9.17) is 10.4 Å². The molecular weight excluding hydrogens is 156 g/mol. The first-order valence-electron chi connectivity index (χ1n) is 4.32. The van der Waals surface area contributed by atoms with E-state index in [1.165, 1.54) is 0 Å². The first-order valence-corrected chi connectivity index (χ1v) is 4.32. The van der Waals surface area contributed by atoms with Gasteiger partial charge in [-0.2, -0.15) is 11.0 Å². The predicted octanol–water partition coefficient (Wildman–Crippen LogP) is 1.28. The van der Waals surface area contributed by atoms with Crippen LogP contribution in [0.4, 0.5) is 0 Å². The standard InChI is InChI=1S/C8H20N2O2/c1-5-7(3,9-11)8(4,6-2)10-12/h9-12H,5-6H2,1-4H3/t7-,8-/m0/s1. The molecule has 74 valence electrons. The molecule has 4 heteroatoms. The topological polar surface area (TPSA) is 64.5 Å². The summed E-state index contributed by atoms with van der Waals surface area (Å²) < 4.78 is 0. The van der Waals surface area contributed by atoms with Crippen molar-refractivity contribution in [2.24, 2.45) is 0 Å². The average molecular weight is 176 g/mol. The number of hydroxylamine groups is 2. The Morgan fingerprint density at radius 3 is 1.25 bits per heavy atom. The van der Waals surface area contributed by atoms with Crippen molar-refractivity contribution >= 4 is 0 Å². The van der Waals surface area contributed by atoms with Gasteiger partial charge in [0.1, 0.15) is 0 Å². The molecule has 0 spiro atoms. The highest BCUT2D eigenvalue weighted by Crippen LogP contribution is 2.27. The smallest absolute Gasteiger partial charge is 0.0599 e. The van der Waals surface area contributed by atoms with E-state index < -0.39 is 11.1 Å². The summed E-state index contributed by atoms with van der Waals surface area (Å²) in [4.78, 5) is 0. The van der Waals surface area contributed by atoms with Crippen LogP contribution in [0.15, 0.2) is 0 Å². The van der Waals surface area contributed by atoms with Gasteiger partial charge in [0.15, 0.2) is 0 Å². The van der Waals surface area contributed by atoms with Crippen LogP contribution in [0.3, 0.4) is 0 Å². The van der Waals surface area contributed by atoms with Crippen molar-refractivity contribution in [3.8, 4) is 0 Å². The van der Waals surface area contributed by atoms with E-state index >= 15 is 0 Å². The molecule has 0 aliphatic heterocycles. The molecule has 0 bridgehead atoms. The Morgan fingerprint density at radius 2 is 1.17 bits per heavy atom. The highest BCUT2D eigenvalue weighted by molar-refractivity contribution is 5.00. The van der Waals surface area contributed by atoms with E-state index in [1.54, 1.807) is 0 Å². The van der Waals surface area contributed by atoms with Crippen LogP contribution in [-0.4, -0.2) is 21.5 Å². The summed E-state index contributed by atoms with van der Waals surface area (Å²) in [5, 5.41) is 18.0. The molecule has 0 unspecified atom stereocenters. The monoisotopic (exact) mass is 176 g/mol. The fourth-order valence-corrected chi connectivity index (χ4v) is 1.19. The zero-order valence-corrected chi connectivity index (χ0v) is 8.31. The van der Waals surface area contributed by atoms with Crippen LogP contribution < -0.4 is 11.0 Å². The zero-order valence-electron chi connectivity index (χ0n) is 8.31. The molecule has 0 fully saturated rings. The SMILES string of the molecule is CC[C@](C)(NO)[C@](C)(CC)NO. The van der Waals surface area contributed by atoms with Crippen LogP contribution >= 0.6 is 0 Å². The highest BCUT2D eigenvalue weighted by Gasteiger charge is 2.41. The largest absolute Gasteiger partial charge is 0.316 e. The van der Waals surface area contributed by atoms with Gasteiger partial charge >= 0.3 is 0 Å². The molecule has 0 rings (SSSR count). The Bertz CT molecular complexity index is 115. The molecule has 12 heavy (non-hydrogen) atoms. The van der Waals surface area contributed by atoms with Crippen LogP contribution in [0.1, 0.15) is 40.5 Å². The lowest BCUT2D eigenvalue weighted by Crippen LogP contribution is -2.64. The van der Waals surface area contributed by atoms with E-state index in [1.807, 2.05) is 27.7 Å². The van der Waals surface area contributed by atoms with Crippen LogP contribution in [0.25, 0.3) is 0 Å². The summed E-state index contributed by atoms with van der Waals surface area (Å²) in [7, 11) is 0. The lowest BCUT2D eigenvalue weighted by atomic mass is 9.77. The minimum Gasteiger partial charge on any atom is -0.316 e. The molecule has 0 saturated carbocycles. The summed E-state index contributed by atoms with van der Waals surface area (Å²) in [6.07, 6.45) is 1.45. The second kappa shape index (κ2) is 4.18. The van der Waals surface area contributed by atoms with Crippen molar-refractivity contribution in [1.29, 1.82) is 0 Å². The summed E-state index contributed by atoms with van der Waals surface area (Å²) in [5.41, 5.74) is 3.46. The van der Waals surface area contributed by atoms with Crippen molar-refractivity contribution in [2.75, 3.05) is 0 Å². The lowest BCUT2D eigenvalue weighted by Gasteiger charge is -2.43. The molecule has 0 aromatic rings. The summed E-state index contributed by atoms with van der Waals surface area (Å²) in [6, 6.07) is 0. The normalized spacial score (nSPS) is 21.5. The zero-order chi connectivity index (χ0) is 9.83. The lowest BCUT2D eigenvalue weighted by molar-refractivity contribution is -0.0492. The maximum atomic E-state index is 8.98. The van der Waals surface area contributed by atoms with Crippen molar-refractivity contribution in [3.63, 3.8) is 0 Å². The second-order valence-corrected chi connectivity index (χ2v) is 3.59. The van der Waals surface area contributed by atoms with Gasteiger partial charge in [0.05, 0.1) is 11.1 Å². The third-order valence-corrected chi connectivity index (χ3v) is 3.13. The number of hydrogen-bond donors (Lipinski definition) is 4. The summed E-state index contributed by atoms with van der Waals surface area (Å²) >= 11 is 0. The minimum absolute atomic E-state index is 0.517. The van der Waals surface area contributed by atoms with E-state index in [0.717, 1.165) is 12.8 Å². The molecule has 0 aromatic heterocycles. The third kappa shape index (κ3) is 1.77. The number of hydrogen-bond acceptors (Lipinski definition) is 4. The Labute approximate surface area is 73.9 Å². The fraction of sp³-hybridized carbons (Fsp3) is 1.00. The van der Waals surface area contributed by atoms with Gasteiger partial charge in [-0.25, -0.2) is 0 Å². The molecular formula is C8H20N2O2. The quantitative estimate of drug-likeness (QED) is 0.476. The van der Waals surface area contributed by atoms with Crippen LogP contribution in [-0.2, 0) is 0 Å². The van der Waals surface area contributed by atoms with E-state index in [-0.39, 0.29) is 0 Å². The van der Waals surface area contributed by atoms with Gasteiger partial charge < -0.3 is 10.4 Å². The Kier molecular flexibility index (Phi) is 4.13. The van der Waals surface area contributed by atoms with Gasteiger partial charge in [-0.3, -0.25) is 0 Å². The molecule has 0 amide bonds. The van der Waals surface area contributed by atoms with Crippen LogP contribution in [0.5, 0.6) is 0 Å². The maximum absolute atomic E-state index is 8.98. The Balaban J connectivity index is 4.66. The molecule has 0 heterocycles. The van der Waals surface area contributed by atoms with Gasteiger partial charge in [-0.15, -0.1) is 0 Å². The van der Waals surface area contributed by atoms with Gasteiger partial charge in [0, 0.05) is 0 Å². The highest BCUT2D eigenvalue weighted by atomic mass is 16.5. The Hall–Kier alpha value is -0.160. The average Bonchev–Trinajstić information content (AvgIpc) is 2.15. The Morgan fingerprint density at radius 1 is 0.917 bits per heavy atom. The molecule has 4 N–H and O–H groups in total. The third-order valence-electron chi connectivity index (χ3n) is 3.13. The first-order chi connectivity index (χ1) is 5.49. The van der Waals surface area contributed by atoms with Crippen LogP contribution in [0.2, 0.25) is 0 Å². The molecule has 2 atom stereocenters. The second-order valence-electron chi connectivity index (χ2n) is 3.59. The van der Waals surface area contributed by atoms with E-state index in [9.17, 15) is 0 Å². The van der Waals surface area contributed by atoms with Crippen molar-refractivity contribution in [1.82, 2.24) is 11.0 Å². The van der Waals surface area contributed by atoms with Gasteiger partial charge in [0.25, 0.3) is 0 Å². The predicted molar refractivity (Wildman–Crippen MR) is 47.2 cm³/mol. The molecule has 0 aliphatic rings. The molecule has 0 radical (unpaired) electrons. The van der Waals surface area contributed by atoms with E-state index in [2.05, 4.69) is 11.0 Å². The number of rotatable bonds is 5. The first kappa shape index (κ1) is 11.8. The van der Waals surface area contributed by atoms with E-state index in [0.29, 0.717) is 0 Å². The van der Waals surface area contributed by atoms with Gasteiger partial charge in [-0.05, 0) is 26.7 Å². The summed E-state index contributed by atoms with van der Waals surface area (Å²) in [6.45, 7) is 7.63. The molecule has 0 aromatic carbocycles. The molecule has 0 aliphatic carbocycles. The number of nitrogens with one attached hydrogen (secondary N) is 2. The molecule has 4 nitrogen and oxygen atoms in total. The maximum Gasteiger partial charge on any atom is 0.0599 e. The van der Waals surface area contributed by atoms with Gasteiger partial charge in [0.2, 0.25) is 0 Å². The van der Waals surface area contributed by atoms with Crippen molar-refractivity contribution in [3.05, 3.63) is 0 Å². The van der Waals surface area contributed by atoms with Crippen molar-refractivity contribution in [2.45, 2.75) is 51.6 Å². The van der Waals surface area contributed by atoms with Gasteiger partial charge in [-0.1, -0.05) is 13.8 Å². The minimum atomic E-state index is -0.517. The van der Waals surface area contributed by atoms with Crippen LogP contribution in [0, 0.1) is 0 Å². The van der Waals surface area contributed by atoms with Crippen molar-refractivity contribution < 1.29 is 10.4 Å².